The molecule has 0 aliphatic heterocycles. The lowest BCUT2D eigenvalue weighted by molar-refractivity contribution is 0.0936. The molecule has 0 atom stereocenters. The zero-order chi connectivity index (χ0) is 14.5. The highest BCUT2D eigenvalue weighted by atomic mass is 16.5. The minimum Gasteiger partial charge on any atom is -0.497 e. The van der Waals surface area contributed by atoms with E-state index >= 15 is 0 Å². The Hall–Kier alpha value is -1.74. The molecule has 0 bridgehead atoms. The Kier molecular flexibility index (Phi) is 4.85. The average Bonchev–Trinajstić information content (AvgIpc) is 2.80. The molecule has 1 aromatic carbocycles. The van der Waals surface area contributed by atoms with Crippen LogP contribution >= 0.6 is 0 Å². The topological polar surface area (TPSA) is 23.4 Å². The van der Waals surface area contributed by atoms with Crippen molar-refractivity contribution in [1.82, 2.24) is 4.57 Å². The Labute approximate surface area is 121 Å². The van der Waals surface area contributed by atoms with E-state index in [4.69, 9.17) is 9.47 Å². The van der Waals surface area contributed by atoms with Gasteiger partial charge in [0.25, 0.3) is 0 Å². The van der Waals surface area contributed by atoms with Crippen molar-refractivity contribution in [1.29, 1.82) is 0 Å². The summed E-state index contributed by atoms with van der Waals surface area (Å²) in [6, 6.07) is 10.2. The van der Waals surface area contributed by atoms with Gasteiger partial charge in [0.2, 0.25) is 0 Å². The Bertz CT molecular complexity index is 541. The quantitative estimate of drug-likeness (QED) is 0.795. The molecule has 0 aliphatic rings. The molecule has 20 heavy (non-hydrogen) atoms. The van der Waals surface area contributed by atoms with E-state index in [9.17, 15) is 0 Å². The second kappa shape index (κ2) is 6.62. The molecule has 0 fully saturated rings. The van der Waals surface area contributed by atoms with Crippen LogP contribution in [0.15, 0.2) is 36.5 Å². The minimum atomic E-state index is 0.555. The summed E-state index contributed by atoms with van der Waals surface area (Å²) in [7, 11) is 1.68. The summed E-state index contributed by atoms with van der Waals surface area (Å²) in [6.07, 6.45) is 2.09. The van der Waals surface area contributed by atoms with E-state index in [1.165, 1.54) is 11.3 Å². The summed E-state index contributed by atoms with van der Waals surface area (Å²) in [5, 5.41) is 0. The highest BCUT2D eigenvalue weighted by molar-refractivity contribution is 5.41. The number of hydrogen-bond acceptors (Lipinski definition) is 2. The summed E-state index contributed by atoms with van der Waals surface area (Å²) in [6.45, 7) is 7.87. The van der Waals surface area contributed by atoms with Crippen molar-refractivity contribution in [2.24, 2.45) is 5.92 Å². The van der Waals surface area contributed by atoms with Crippen LogP contribution in [0.5, 0.6) is 5.75 Å². The number of benzene rings is 1. The third kappa shape index (κ3) is 3.42. The summed E-state index contributed by atoms with van der Waals surface area (Å²) in [5.74, 6) is 1.43. The molecule has 3 nitrogen and oxygen atoms in total. The summed E-state index contributed by atoms with van der Waals surface area (Å²) in [5.41, 5.74) is 3.59. The van der Waals surface area contributed by atoms with Gasteiger partial charge in [0.05, 0.1) is 19.4 Å². The van der Waals surface area contributed by atoms with Gasteiger partial charge in [0.1, 0.15) is 5.75 Å². The molecule has 0 saturated carbocycles. The molecule has 108 valence electrons. The van der Waals surface area contributed by atoms with Crippen LogP contribution in [0.1, 0.15) is 25.1 Å². The number of hydrogen-bond donors (Lipinski definition) is 0. The summed E-state index contributed by atoms with van der Waals surface area (Å²) >= 11 is 0. The summed E-state index contributed by atoms with van der Waals surface area (Å²) in [4.78, 5) is 0. The standard InChI is InChI=1S/C17H23NO2/c1-13(2)11-20-12-17-14(3)9-10-18(17)15-5-7-16(19-4)8-6-15/h5-10,13H,11-12H2,1-4H3. The fourth-order valence-electron chi connectivity index (χ4n) is 2.12. The number of aromatic nitrogens is 1. The molecule has 0 radical (unpaired) electrons. The first-order valence-electron chi connectivity index (χ1n) is 7.01. The highest BCUT2D eigenvalue weighted by Crippen LogP contribution is 2.20. The van der Waals surface area contributed by atoms with E-state index in [2.05, 4.69) is 49.7 Å². The third-order valence-electron chi connectivity index (χ3n) is 3.26. The van der Waals surface area contributed by atoms with Crippen molar-refractivity contribution in [3.8, 4) is 11.4 Å². The fourth-order valence-corrected chi connectivity index (χ4v) is 2.12. The Morgan fingerprint density at radius 3 is 2.40 bits per heavy atom. The van der Waals surface area contributed by atoms with Gasteiger partial charge < -0.3 is 14.0 Å². The largest absolute Gasteiger partial charge is 0.497 e. The molecule has 0 unspecified atom stereocenters. The number of rotatable bonds is 6. The number of aryl methyl sites for hydroxylation is 1. The van der Waals surface area contributed by atoms with Gasteiger partial charge in [-0.1, -0.05) is 13.8 Å². The van der Waals surface area contributed by atoms with E-state index in [0.29, 0.717) is 12.5 Å². The van der Waals surface area contributed by atoms with E-state index in [0.717, 1.165) is 18.0 Å². The smallest absolute Gasteiger partial charge is 0.119 e. The van der Waals surface area contributed by atoms with Gasteiger partial charge in [-0.25, -0.2) is 0 Å². The zero-order valence-electron chi connectivity index (χ0n) is 12.7. The van der Waals surface area contributed by atoms with Crippen LogP contribution in [-0.2, 0) is 11.3 Å². The van der Waals surface area contributed by atoms with Gasteiger partial charge in [-0.2, -0.15) is 0 Å². The molecule has 1 aromatic heterocycles. The van der Waals surface area contributed by atoms with Crippen LogP contribution < -0.4 is 4.74 Å². The van der Waals surface area contributed by atoms with E-state index in [1.54, 1.807) is 7.11 Å². The van der Waals surface area contributed by atoms with Crippen molar-refractivity contribution < 1.29 is 9.47 Å². The van der Waals surface area contributed by atoms with Crippen molar-refractivity contribution in [2.45, 2.75) is 27.4 Å². The fraction of sp³-hybridized carbons (Fsp3) is 0.412. The van der Waals surface area contributed by atoms with Gasteiger partial charge in [0, 0.05) is 18.5 Å². The summed E-state index contributed by atoms with van der Waals surface area (Å²) < 4.78 is 13.2. The molecule has 0 aliphatic carbocycles. The van der Waals surface area contributed by atoms with Crippen LogP contribution in [0.25, 0.3) is 5.69 Å². The SMILES string of the molecule is COc1ccc(-n2ccc(C)c2COCC(C)C)cc1. The first-order valence-corrected chi connectivity index (χ1v) is 7.01. The molecule has 3 heteroatoms. The molecule has 2 aromatic rings. The van der Waals surface area contributed by atoms with Gasteiger partial charge >= 0.3 is 0 Å². The highest BCUT2D eigenvalue weighted by Gasteiger charge is 2.08. The van der Waals surface area contributed by atoms with Crippen molar-refractivity contribution in [3.63, 3.8) is 0 Å². The maximum Gasteiger partial charge on any atom is 0.119 e. The minimum absolute atomic E-state index is 0.555. The van der Waals surface area contributed by atoms with Crippen LogP contribution in [0.4, 0.5) is 0 Å². The molecular formula is C17H23NO2. The average molecular weight is 273 g/mol. The maximum absolute atomic E-state index is 5.78. The monoisotopic (exact) mass is 273 g/mol. The number of methoxy groups -OCH3 is 1. The Morgan fingerprint density at radius 1 is 1.10 bits per heavy atom. The van der Waals surface area contributed by atoms with E-state index < -0.39 is 0 Å². The van der Waals surface area contributed by atoms with Crippen molar-refractivity contribution in [2.75, 3.05) is 13.7 Å². The predicted octanol–water partition coefficient (Wildman–Crippen LogP) is 3.97. The third-order valence-corrected chi connectivity index (χ3v) is 3.26. The molecule has 0 spiro atoms. The normalized spacial score (nSPS) is 11.1. The molecular weight excluding hydrogens is 250 g/mol. The second-order valence-electron chi connectivity index (χ2n) is 5.42. The maximum atomic E-state index is 5.78. The lowest BCUT2D eigenvalue weighted by Crippen LogP contribution is -2.06. The first kappa shape index (κ1) is 14.7. The van der Waals surface area contributed by atoms with E-state index in [-0.39, 0.29) is 0 Å². The van der Waals surface area contributed by atoms with Gasteiger partial charge in [-0.05, 0) is 48.7 Å². The van der Waals surface area contributed by atoms with Crippen LogP contribution in [0, 0.1) is 12.8 Å². The Morgan fingerprint density at radius 2 is 1.80 bits per heavy atom. The Balaban J connectivity index is 2.18. The molecule has 0 N–H and O–H groups in total. The lowest BCUT2D eigenvalue weighted by Gasteiger charge is -2.13. The van der Waals surface area contributed by atoms with Gasteiger partial charge in [0.15, 0.2) is 0 Å². The molecule has 1 heterocycles. The van der Waals surface area contributed by atoms with Gasteiger partial charge in [-0.15, -0.1) is 0 Å². The van der Waals surface area contributed by atoms with Crippen molar-refractivity contribution in [3.05, 3.63) is 47.8 Å². The second-order valence-corrected chi connectivity index (χ2v) is 5.42. The number of ether oxygens (including phenoxy) is 2. The van der Waals surface area contributed by atoms with E-state index in [1.807, 2.05) is 12.1 Å². The molecule has 0 amide bonds. The van der Waals surface area contributed by atoms with Crippen molar-refractivity contribution >= 4 is 0 Å². The number of nitrogens with zero attached hydrogens (tertiary/aromatic N) is 1. The van der Waals surface area contributed by atoms with Crippen LogP contribution in [0.2, 0.25) is 0 Å². The van der Waals surface area contributed by atoms with Gasteiger partial charge in [-0.3, -0.25) is 0 Å². The van der Waals surface area contributed by atoms with Crippen LogP contribution in [-0.4, -0.2) is 18.3 Å². The molecule has 2 rings (SSSR count). The molecule has 0 saturated heterocycles. The predicted molar refractivity (Wildman–Crippen MR) is 81.6 cm³/mol. The lowest BCUT2D eigenvalue weighted by atomic mass is 10.2. The zero-order valence-corrected chi connectivity index (χ0v) is 12.7. The van der Waals surface area contributed by atoms with Crippen LogP contribution in [0.3, 0.4) is 0 Å². The first-order chi connectivity index (χ1) is 9.61.